The quantitative estimate of drug-likeness (QED) is 0.386. The van der Waals surface area contributed by atoms with Crippen molar-refractivity contribution in [2.75, 3.05) is 49.5 Å². The van der Waals surface area contributed by atoms with Crippen LogP contribution >= 0.6 is 0 Å². The molecule has 9 heteroatoms. The summed E-state index contributed by atoms with van der Waals surface area (Å²) in [6.45, 7) is 16.5. The number of nitrogens with one attached hydrogen (secondary N) is 1. The SMILES string of the molecule is Cc1nc2ncnc(NCc3cccc(C(F)(F)C4CCN(C(C)C)CC4)c3)c2cc1N1CCN(C(C)C)CC1. The number of aromatic nitrogens is 3. The molecule has 0 amide bonds. The standard InChI is InChI=1S/C31H43F2N7/c1-21(2)38-11-9-25(10-12-38)31(32,33)26-8-6-7-24(17-26)19-34-29-27-18-28(23(5)37-30(27)36-20-35-29)40-15-13-39(14-16-40)22(3)4/h6-8,17-18,20-22,25H,9-16,19H2,1-5H3,(H,34,35,36,37). The van der Waals surface area contributed by atoms with E-state index in [1.807, 2.05) is 13.0 Å². The predicted molar refractivity (Wildman–Crippen MR) is 158 cm³/mol. The second kappa shape index (κ2) is 11.9. The predicted octanol–water partition coefficient (Wildman–Crippen LogP) is 5.69. The third kappa shape index (κ3) is 6.05. The van der Waals surface area contributed by atoms with Gasteiger partial charge in [-0.2, -0.15) is 0 Å². The molecule has 40 heavy (non-hydrogen) atoms. The van der Waals surface area contributed by atoms with E-state index >= 15 is 8.78 Å². The van der Waals surface area contributed by atoms with Crippen molar-refractivity contribution in [2.45, 2.75) is 72.0 Å². The maximum absolute atomic E-state index is 15.6. The minimum Gasteiger partial charge on any atom is -0.367 e. The highest BCUT2D eigenvalue weighted by molar-refractivity contribution is 5.89. The number of likely N-dealkylation sites (tertiary alicyclic amines) is 1. The van der Waals surface area contributed by atoms with Crippen molar-refractivity contribution < 1.29 is 8.78 Å². The van der Waals surface area contributed by atoms with Crippen molar-refractivity contribution in [3.63, 3.8) is 0 Å². The number of piperazine rings is 1. The largest absolute Gasteiger partial charge is 0.367 e. The number of benzene rings is 1. The molecule has 2 aliphatic rings. The van der Waals surface area contributed by atoms with Crippen LogP contribution in [0.25, 0.3) is 11.0 Å². The van der Waals surface area contributed by atoms with Gasteiger partial charge in [0, 0.05) is 56.3 Å². The fourth-order valence-electron chi connectivity index (χ4n) is 6.09. The Labute approximate surface area is 237 Å². The molecule has 0 unspecified atom stereocenters. The Morgan fingerprint density at radius 2 is 1.60 bits per heavy atom. The molecule has 3 aromatic rings. The Morgan fingerprint density at radius 3 is 2.27 bits per heavy atom. The van der Waals surface area contributed by atoms with Crippen molar-refractivity contribution >= 4 is 22.5 Å². The number of hydrogen-bond acceptors (Lipinski definition) is 7. The summed E-state index contributed by atoms with van der Waals surface area (Å²) in [6, 6.07) is 9.90. The first kappa shape index (κ1) is 28.6. The van der Waals surface area contributed by atoms with E-state index in [2.05, 4.69) is 63.7 Å². The number of aryl methyl sites for hydroxylation is 1. The first-order valence-electron chi connectivity index (χ1n) is 14.7. The van der Waals surface area contributed by atoms with Gasteiger partial charge in [0.1, 0.15) is 12.1 Å². The van der Waals surface area contributed by atoms with Crippen LogP contribution in [0.4, 0.5) is 20.3 Å². The van der Waals surface area contributed by atoms with Gasteiger partial charge < -0.3 is 15.1 Å². The van der Waals surface area contributed by atoms with E-state index in [1.165, 1.54) is 6.33 Å². The van der Waals surface area contributed by atoms with Gasteiger partial charge in [-0.25, -0.2) is 23.7 Å². The molecule has 5 rings (SSSR count). The summed E-state index contributed by atoms with van der Waals surface area (Å²) in [6.07, 6.45) is 2.54. The first-order valence-corrected chi connectivity index (χ1v) is 14.7. The topological polar surface area (TPSA) is 60.4 Å². The summed E-state index contributed by atoms with van der Waals surface area (Å²) in [7, 11) is 0. The van der Waals surface area contributed by atoms with E-state index in [0.29, 0.717) is 42.9 Å². The fraction of sp³-hybridized carbons (Fsp3) is 0.581. The van der Waals surface area contributed by atoms with E-state index in [9.17, 15) is 0 Å². The van der Waals surface area contributed by atoms with Gasteiger partial charge in [0.25, 0.3) is 5.92 Å². The molecule has 4 heterocycles. The third-order valence-electron chi connectivity index (χ3n) is 8.72. The highest BCUT2D eigenvalue weighted by Gasteiger charge is 2.42. The fourth-order valence-corrected chi connectivity index (χ4v) is 6.09. The molecule has 1 N–H and O–H groups in total. The summed E-state index contributed by atoms with van der Waals surface area (Å²) in [4.78, 5) is 20.8. The lowest BCUT2D eigenvalue weighted by atomic mass is 9.85. The lowest BCUT2D eigenvalue weighted by Crippen LogP contribution is -2.49. The van der Waals surface area contributed by atoms with Crippen LogP contribution in [-0.2, 0) is 12.5 Å². The zero-order chi connectivity index (χ0) is 28.4. The first-order chi connectivity index (χ1) is 19.1. The highest BCUT2D eigenvalue weighted by Crippen LogP contribution is 2.42. The second-order valence-corrected chi connectivity index (χ2v) is 11.9. The average Bonchev–Trinajstić information content (AvgIpc) is 2.96. The molecule has 0 atom stereocenters. The molecule has 0 radical (unpaired) electrons. The molecular weight excluding hydrogens is 508 g/mol. The van der Waals surface area contributed by atoms with E-state index < -0.39 is 11.8 Å². The maximum Gasteiger partial charge on any atom is 0.276 e. The van der Waals surface area contributed by atoms with Crippen LogP contribution in [0.5, 0.6) is 0 Å². The number of alkyl halides is 2. The van der Waals surface area contributed by atoms with Crippen molar-refractivity contribution in [3.05, 3.63) is 53.5 Å². The van der Waals surface area contributed by atoms with Crippen molar-refractivity contribution in [1.82, 2.24) is 24.8 Å². The van der Waals surface area contributed by atoms with Gasteiger partial charge in [0.15, 0.2) is 5.65 Å². The molecule has 0 spiro atoms. The number of piperidine rings is 1. The molecule has 7 nitrogen and oxygen atoms in total. The molecule has 0 aliphatic carbocycles. The van der Waals surface area contributed by atoms with Crippen LogP contribution in [0.3, 0.4) is 0 Å². The lowest BCUT2D eigenvalue weighted by Gasteiger charge is -2.38. The zero-order valence-corrected chi connectivity index (χ0v) is 24.5. The number of fused-ring (bicyclic) bond motifs is 1. The van der Waals surface area contributed by atoms with Gasteiger partial charge >= 0.3 is 0 Å². The Kier molecular flexibility index (Phi) is 8.52. The summed E-state index contributed by atoms with van der Waals surface area (Å²) in [5.74, 6) is -2.82. The number of pyridine rings is 1. The van der Waals surface area contributed by atoms with Crippen LogP contribution in [0, 0.1) is 12.8 Å². The zero-order valence-electron chi connectivity index (χ0n) is 24.5. The van der Waals surface area contributed by atoms with Crippen LogP contribution in [-0.4, -0.2) is 76.1 Å². The van der Waals surface area contributed by atoms with E-state index in [1.54, 1.807) is 18.2 Å². The van der Waals surface area contributed by atoms with Crippen LogP contribution in [0.15, 0.2) is 36.7 Å². The minimum absolute atomic E-state index is 0.0995. The van der Waals surface area contributed by atoms with Crippen LogP contribution in [0.2, 0.25) is 0 Å². The Morgan fingerprint density at radius 1 is 0.925 bits per heavy atom. The Hall–Kier alpha value is -2.91. The summed E-state index contributed by atoms with van der Waals surface area (Å²) < 4.78 is 31.1. The van der Waals surface area contributed by atoms with Gasteiger partial charge in [0.2, 0.25) is 0 Å². The Balaban J connectivity index is 1.31. The minimum atomic E-state index is -2.85. The van der Waals surface area contributed by atoms with E-state index in [-0.39, 0.29) is 5.56 Å². The van der Waals surface area contributed by atoms with Crippen LogP contribution in [0.1, 0.15) is 57.4 Å². The molecule has 0 bridgehead atoms. The van der Waals surface area contributed by atoms with Gasteiger partial charge in [-0.1, -0.05) is 18.2 Å². The van der Waals surface area contributed by atoms with Gasteiger partial charge in [-0.3, -0.25) is 4.90 Å². The molecule has 2 aliphatic heterocycles. The maximum atomic E-state index is 15.6. The molecule has 2 fully saturated rings. The number of anilines is 2. The molecule has 2 saturated heterocycles. The summed E-state index contributed by atoms with van der Waals surface area (Å²) in [5, 5.41) is 4.22. The van der Waals surface area contributed by atoms with Gasteiger partial charge in [0.05, 0.1) is 16.8 Å². The number of nitrogens with zero attached hydrogens (tertiary/aromatic N) is 6. The Bertz CT molecular complexity index is 1300. The number of halogens is 2. The van der Waals surface area contributed by atoms with Crippen molar-refractivity contribution in [3.8, 4) is 0 Å². The number of hydrogen-bond donors (Lipinski definition) is 1. The van der Waals surface area contributed by atoms with E-state index in [0.717, 1.165) is 61.6 Å². The lowest BCUT2D eigenvalue weighted by molar-refractivity contribution is -0.0875. The van der Waals surface area contributed by atoms with Crippen LogP contribution < -0.4 is 10.2 Å². The smallest absolute Gasteiger partial charge is 0.276 e. The van der Waals surface area contributed by atoms with Gasteiger partial charge in [-0.05, 0) is 78.2 Å². The van der Waals surface area contributed by atoms with E-state index in [4.69, 9.17) is 4.98 Å². The highest BCUT2D eigenvalue weighted by atomic mass is 19.3. The van der Waals surface area contributed by atoms with Gasteiger partial charge in [-0.15, -0.1) is 0 Å². The molecule has 1 aromatic carbocycles. The summed E-state index contributed by atoms with van der Waals surface area (Å²) in [5.41, 5.74) is 3.58. The average molecular weight is 552 g/mol. The monoisotopic (exact) mass is 551 g/mol. The van der Waals surface area contributed by atoms with Crippen molar-refractivity contribution in [2.24, 2.45) is 5.92 Å². The molecule has 216 valence electrons. The molecular formula is C31H43F2N7. The van der Waals surface area contributed by atoms with Crippen molar-refractivity contribution in [1.29, 1.82) is 0 Å². The second-order valence-electron chi connectivity index (χ2n) is 11.9. The summed E-state index contributed by atoms with van der Waals surface area (Å²) >= 11 is 0. The molecule has 0 saturated carbocycles. The normalized spacial score (nSPS) is 18.3. The molecule has 2 aromatic heterocycles. The third-order valence-corrected chi connectivity index (χ3v) is 8.72. The number of rotatable bonds is 8.